The fourth-order valence-corrected chi connectivity index (χ4v) is 3.06. The van der Waals surface area contributed by atoms with Gasteiger partial charge in [-0.1, -0.05) is 24.3 Å². The lowest BCUT2D eigenvalue weighted by molar-refractivity contribution is 0.0697. The van der Waals surface area contributed by atoms with Crippen LogP contribution in [0, 0.1) is 0 Å². The lowest BCUT2D eigenvalue weighted by Crippen LogP contribution is -2.22. The monoisotopic (exact) mass is 347 g/mol. The minimum atomic E-state index is -3.19. The van der Waals surface area contributed by atoms with Gasteiger partial charge < -0.3 is 5.11 Å². The molecule has 0 aliphatic carbocycles. The van der Waals surface area contributed by atoms with Crippen molar-refractivity contribution in [3.8, 4) is 0 Å². The van der Waals surface area contributed by atoms with E-state index in [0.29, 0.717) is 11.4 Å². The summed E-state index contributed by atoms with van der Waals surface area (Å²) in [4.78, 5) is 13.3. The largest absolute Gasteiger partial charge is 0.478 e. The van der Waals surface area contributed by atoms with Gasteiger partial charge in [0, 0.05) is 18.8 Å². The molecule has 0 saturated carbocycles. The maximum atomic E-state index is 11.5. The lowest BCUT2D eigenvalue weighted by atomic mass is 10.1. The summed E-state index contributed by atoms with van der Waals surface area (Å²) < 4.78 is 23.0. The summed E-state index contributed by atoms with van der Waals surface area (Å²) in [6.45, 7) is 2.70. The smallest absolute Gasteiger partial charge is 0.335 e. The second-order valence-electron chi connectivity index (χ2n) is 5.93. The number of hydrogen-bond acceptors (Lipinski definition) is 4. The molecule has 0 radical (unpaired) electrons. The summed E-state index contributed by atoms with van der Waals surface area (Å²) in [5, 5.41) is 8.92. The van der Waals surface area contributed by atoms with Crippen LogP contribution in [0.2, 0.25) is 0 Å². The van der Waals surface area contributed by atoms with E-state index in [1.807, 2.05) is 26.1 Å². The van der Waals surface area contributed by atoms with Gasteiger partial charge in [0.2, 0.25) is 0 Å². The van der Waals surface area contributed by atoms with Crippen LogP contribution in [-0.2, 0) is 16.4 Å². The third-order valence-corrected chi connectivity index (χ3v) is 5.21. The number of nitrogens with zero attached hydrogens (tertiary/aromatic N) is 1. The van der Waals surface area contributed by atoms with Gasteiger partial charge in [-0.15, -0.1) is 0 Å². The highest BCUT2D eigenvalue weighted by Crippen LogP contribution is 2.22. The maximum absolute atomic E-state index is 11.5. The van der Waals surface area contributed by atoms with Crippen molar-refractivity contribution in [1.29, 1.82) is 0 Å². The standard InChI is InChI=1S/C18H21NO4S/c1-13(15-8-10-17(11-9-15)24(3,22)23)19(2)12-14-4-6-16(7-5-14)18(20)21/h4-11,13H,12H2,1-3H3,(H,20,21). The number of carbonyl (C=O) groups is 1. The van der Waals surface area contributed by atoms with Gasteiger partial charge in [-0.05, 0) is 49.4 Å². The molecule has 0 saturated heterocycles. The Morgan fingerprint density at radius 2 is 1.62 bits per heavy atom. The molecule has 0 fully saturated rings. The first-order chi connectivity index (χ1) is 11.2. The zero-order valence-corrected chi connectivity index (χ0v) is 14.7. The third kappa shape index (κ3) is 4.43. The van der Waals surface area contributed by atoms with Crippen molar-refractivity contribution in [2.24, 2.45) is 0 Å². The van der Waals surface area contributed by atoms with Crippen molar-refractivity contribution in [3.63, 3.8) is 0 Å². The SMILES string of the molecule is CC(c1ccc(S(C)(=O)=O)cc1)N(C)Cc1ccc(C(=O)O)cc1. The van der Waals surface area contributed by atoms with E-state index in [0.717, 1.165) is 11.1 Å². The Labute approximate surface area is 142 Å². The molecule has 6 heteroatoms. The van der Waals surface area contributed by atoms with E-state index in [1.54, 1.807) is 36.4 Å². The first-order valence-electron chi connectivity index (χ1n) is 7.51. The van der Waals surface area contributed by atoms with Gasteiger partial charge in [0.1, 0.15) is 0 Å². The Morgan fingerprint density at radius 3 is 2.08 bits per heavy atom. The number of sulfone groups is 1. The molecule has 0 spiro atoms. The van der Waals surface area contributed by atoms with Gasteiger partial charge in [0.15, 0.2) is 9.84 Å². The number of benzene rings is 2. The van der Waals surface area contributed by atoms with Gasteiger partial charge in [-0.25, -0.2) is 13.2 Å². The lowest BCUT2D eigenvalue weighted by Gasteiger charge is -2.25. The number of carboxylic acid groups (broad SMARTS) is 1. The van der Waals surface area contributed by atoms with Gasteiger partial charge >= 0.3 is 5.97 Å². The van der Waals surface area contributed by atoms with E-state index in [2.05, 4.69) is 4.90 Å². The molecule has 1 unspecified atom stereocenters. The van der Waals surface area contributed by atoms with Crippen LogP contribution in [0.3, 0.4) is 0 Å². The molecule has 2 aromatic rings. The van der Waals surface area contributed by atoms with Crippen molar-refractivity contribution in [2.45, 2.75) is 24.4 Å². The molecule has 1 N–H and O–H groups in total. The fraction of sp³-hybridized carbons (Fsp3) is 0.278. The van der Waals surface area contributed by atoms with Crippen molar-refractivity contribution >= 4 is 15.8 Å². The highest BCUT2D eigenvalue weighted by molar-refractivity contribution is 7.90. The normalized spacial score (nSPS) is 13.0. The summed E-state index contributed by atoms with van der Waals surface area (Å²) in [6.07, 6.45) is 1.19. The summed E-state index contributed by atoms with van der Waals surface area (Å²) in [5.74, 6) is -0.936. The molecule has 1 atom stereocenters. The van der Waals surface area contributed by atoms with Crippen LogP contribution in [-0.4, -0.2) is 37.7 Å². The van der Waals surface area contributed by atoms with Crippen LogP contribution in [0.15, 0.2) is 53.4 Å². The minimum Gasteiger partial charge on any atom is -0.478 e. The van der Waals surface area contributed by atoms with E-state index in [4.69, 9.17) is 5.11 Å². The van der Waals surface area contributed by atoms with Crippen LogP contribution >= 0.6 is 0 Å². The molecular formula is C18H21NO4S. The molecule has 5 nitrogen and oxygen atoms in total. The Kier molecular flexibility index (Phi) is 5.41. The molecule has 0 aliphatic heterocycles. The van der Waals surface area contributed by atoms with E-state index in [-0.39, 0.29) is 11.6 Å². The average molecular weight is 347 g/mol. The number of rotatable bonds is 6. The second kappa shape index (κ2) is 7.15. The van der Waals surface area contributed by atoms with Gasteiger partial charge in [-0.2, -0.15) is 0 Å². The topological polar surface area (TPSA) is 74.7 Å². The summed E-state index contributed by atoms with van der Waals surface area (Å²) in [5.41, 5.74) is 2.31. The third-order valence-electron chi connectivity index (χ3n) is 4.08. The van der Waals surface area contributed by atoms with Crippen LogP contribution in [0.1, 0.15) is 34.5 Å². The highest BCUT2D eigenvalue weighted by atomic mass is 32.2. The summed E-state index contributed by atoms with van der Waals surface area (Å²) >= 11 is 0. The van der Waals surface area contributed by atoms with Gasteiger partial charge in [-0.3, -0.25) is 4.90 Å². The molecule has 0 aliphatic rings. The molecular weight excluding hydrogens is 326 g/mol. The van der Waals surface area contributed by atoms with Crippen LogP contribution < -0.4 is 0 Å². The van der Waals surface area contributed by atoms with Crippen LogP contribution in [0.5, 0.6) is 0 Å². The quantitative estimate of drug-likeness (QED) is 0.869. The van der Waals surface area contributed by atoms with E-state index >= 15 is 0 Å². The molecule has 24 heavy (non-hydrogen) atoms. The molecule has 0 amide bonds. The van der Waals surface area contributed by atoms with Crippen LogP contribution in [0.4, 0.5) is 0 Å². The Morgan fingerprint density at radius 1 is 1.08 bits per heavy atom. The Bertz CT molecular complexity index is 811. The molecule has 2 rings (SSSR count). The summed E-state index contributed by atoms with van der Waals surface area (Å²) in [7, 11) is -1.21. The highest BCUT2D eigenvalue weighted by Gasteiger charge is 2.14. The number of aromatic carboxylic acids is 1. The van der Waals surface area contributed by atoms with Gasteiger partial charge in [0.05, 0.1) is 10.5 Å². The minimum absolute atomic E-state index is 0.0951. The molecule has 2 aromatic carbocycles. The maximum Gasteiger partial charge on any atom is 0.335 e. The van der Waals surface area contributed by atoms with Crippen molar-refractivity contribution in [1.82, 2.24) is 4.90 Å². The van der Waals surface area contributed by atoms with E-state index in [1.165, 1.54) is 6.26 Å². The van der Waals surface area contributed by atoms with Crippen LogP contribution in [0.25, 0.3) is 0 Å². The van der Waals surface area contributed by atoms with Crippen molar-refractivity contribution in [2.75, 3.05) is 13.3 Å². The molecule has 128 valence electrons. The summed E-state index contributed by atoms with van der Waals surface area (Å²) in [6, 6.07) is 13.8. The number of carboxylic acids is 1. The average Bonchev–Trinajstić information content (AvgIpc) is 2.54. The van der Waals surface area contributed by atoms with Crippen molar-refractivity contribution < 1.29 is 18.3 Å². The first-order valence-corrected chi connectivity index (χ1v) is 9.40. The molecule has 0 heterocycles. The fourth-order valence-electron chi connectivity index (χ4n) is 2.43. The first kappa shape index (κ1) is 18.2. The Hall–Kier alpha value is -2.18. The molecule has 0 aromatic heterocycles. The molecule has 0 bridgehead atoms. The van der Waals surface area contributed by atoms with Gasteiger partial charge in [0.25, 0.3) is 0 Å². The van der Waals surface area contributed by atoms with E-state index in [9.17, 15) is 13.2 Å². The predicted octanol–water partition coefficient (Wildman–Crippen LogP) is 2.98. The van der Waals surface area contributed by atoms with Crippen molar-refractivity contribution in [3.05, 3.63) is 65.2 Å². The zero-order chi connectivity index (χ0) is 17.9. The second-order valence-corrected chi connectivity index (χ2v) is 7.95. The Balaban J connectivity index is 2.08. The van der Waals surface area contributed by atoms with E-state index < -0.39 is 15.8 Å². The predicted molar refractivity (Wildman–Crippen MR) is 92.8 cm³/mol. The number of hydrogen-bond donors (Lipinski definition) is 1. The zero-order valence-electron chi connectivity index (χ0n) is 13.9.